The molecule has 0 saturated carbocycles. The average Bonchev–Trinajstić information content (AvgIpc) is 2.28. The molecule has 82 valence electrons. The van der Waals surface area contributed by atoms with Crippen LogP contribution in [0.2, 0.25) is 0 Å². The van der Waals surface area contributed by atoms with Gasteiger partial charge in [-0.25, -0.2) is 0 Å². The highest BCUT2D eigenvalue weighted by Crippen LogP contribution is 2.12. The van der Waals surface area contributed by atoms with Crippen molar-refractivity contribution in [3.63, 3.8) is 0 Å². The van der Waals surface area contributed by atoms with Crippen LogP contribution >= 0.6 is 0 Å². The van der Waals surface area contributed by atoms with Crippen molar-refractivity contribution in [1.29, 1.82) is 0 Å². The van der Waals surface area contributed by atoms with Gasteiger partial charge in [0.2, 0.25) is 0 Å². The van der Waals surface area contributed by atoms with Gasteiger partial charge in [-0.1, -0.05) is 24.3 Å². The number of rotatable bonds is 3. The quantitative estimate of drug-likeness (QED) is 0.848. The second-order valence-electron chi connectivity index (χ2n) is 3.81. The maximum absolute atomic E-state index is 11.4. The van der Waals surface area contributed by atoms with E-state index in [-0.39, 0.29) is 12.2 Å². The molecule has 1 atom stereocenters. The molecule has 3 nitrogen and oxygen atoms in total. The monoisotopic (exact) mass is 215 g/mol. The second-order valence-corrected chi connectivity index (χ2v) is 3.81. The van der Waals surface area contributed by atoms with Gasteiger partial charge in [0.15, 0.2) is 5.78 Å². The zero-order valence-corrected chi connectivity index (χ0v) is 9.05. The summed E-state index contributed by atoms with van der Waals surface area (Å²) in [4.78, 5) is 15.7. The number of hydrogen-bond acceptors (Lipinski definition) is 3. The number of fused-ring (bicyclic) bond motifs is 1. The normalized spacial score (nSPS) is 12.6. The number of ketones is 1. The fourth-order valence-corrected chi connectivity index (χ4v) is 1.53. The first kappa shape index (κ1) is 10.8. The van der Waals surface area contributed by atoms with Crippen LogP contribution in [0.15, 0.2) is 36.4 Å². The van der Waals surface area contributed by atoms with Gasteiger partial charge in [-0.15, -0.1) is 0 Å². The van der Waals surface area contributed by atoms with Crippen LogP contribution in [0, 0.1) is 0 Å². The van der Waals surface area contributed by atoms with Crippen LogP contribution in [0.4, 0.5) is 0 Å². The van der Waals surface area contributed by atoms with Gasteiger partial charge in [-0.3, -0.25) is 9.78 Å². The van der Waals surface area contributed by atoms with Crippen LogP contribution in [0.1, 0.15) is 12.6 Å². The van der Waals surface area contributed by atoms with E-state index in [2.05, 4.69) is 4.98 Å². The lowest BCUT2D eigenvalue weighted by Crippen LogP contribution is -2.18. The summed E-state index contributed by atoms with van der Waals surface area (Å²) in [7, 11) is 0. The van der Waals surface area contributed by atoms with E-state index in [1.807, 2.05) is 36.4 Å². The first-order chi connectivity index (χ1) is 7.66. The SMILES string of the molecule is CC(O)C(=O)Cc1ccc2ccccc2n1. The number of Topliss-reactive ketones (excluding diaryl/α,β-unsaturated/α-hetero) is 1. The molecule has 1 heterocycles. The van der Waals surface area contributed by atoms with Crippen molar-refractivity contribution in [3.05, 3.63) is 42.1 Å². The minimum Gasteiger partial charge on any atom is -0.386 e. The molecule has 1 unspecified atom stereocenters. The van der Waals surface area contributed by atoms with E-state index in [0.717, 1.165) is 10.9 Å². The Kier molecular flexibility index (Phi) is 2.97. The Morgan fingerprint density at radius 1 is 1.31 bits per heavy atom. The van der Waals surface area contributed by atoms with E-state index in [4.69, 9.17) is 5.11 Å². The number of nitrogens with zero attached hydrogens (tertiary/aromatic N) is 1. The molecule has 3 heteroatoms. The standard InChI is InChI=1S/C13H13NO2/c1-9(15)13(16)8-11-7-6-10-4-2-3-5-12(10)14-11/h2-7,9,15H,8H2,1H3. The second kappa shape index (κ2) is 4.41. The summed E-state index contributed by atoms with van der Waals surface area (Å²) in [5.74, 6) is -0.206. The molecule has 0 aliphatic carbocycles. The summed E-state index contributed by atoms with van der Waals surface area (Å²) < 4.78 is 0. The number of benzene rings is 1. The third kappa shape index (κ3) is 2.25. The summed E-state index contributed by atoms with van der Waals surface area (Å²) >= 11 is 0. The van der Waals surface area contributed by atoms with Crippen LogP contribution in [0.3, 0.4) is 0 Å². The lowest BCUT2D eigenvalue weighted by Gasteiger charge is -2.04. The van der Waals surface area contributed by atoms with Crippen LogP contribution in [-0.4, -0.2) is 22.0 Å². The van der Waals surface area contributed by atoms with E-state index < -0.39 is 6.10 Å². The Hall–Kier alpha value is -1.74. The van der Waals surface area contributed by atoms with Gasteiger partial charge in [0.25, 0.3) is 0 Å². The van der Waals surface area contributed by atoms with Crippen molar-refractivity contribution in [3.8, 4) is 0 Å². The molecular formula is C13H13NO2. The van der Waals surface area contributed by atoms with Gasteiger partial charge in [-0.2, -0.15) is 0 Å². The fraction of sp³-hybridized carbons (Fsp3) is 0.231. The molecule has 0 spiro atoms. The summed E-state index contributed by atoms with van der Waals surface area (Å²) in [5.41, 5.74) is 1.57. The number of pyridine rings is 1. The lowest BCUT2D eigenvalue weighted by molar-refractivity contribution is -0.125. The highest BCUT2D eigenvalue weighted by atomic mass is 16.3. The number of aliphatic hydroxyl groups is 1. The molecule has 1 aromatic heterocycles. The van der Waals surface area contributed by atoms with Gasteiger partial charge >= 0.3 is 0 Å². The van der Waals surface area contributed by atoms with Crippen molar-refractivity contribution >= 4 is 16.7 Å². The van der Waals surface area contributed by atoms with E-state index >= 15 is 0 Å². The molecule has 0 saturated heterocycles. The predicted molar refractivity (Wildman–Crippen MR) is 62.1 cm³/mol. The number of aromatic nitrogens is 1. The Morgan fingerprint density at radius 2 is 2.06 bits per heavy atom. The maximum Gasteiger partial charge on any atom is 0.166 e. The smallest absolute Gasteiger partial charge is 0.166 e. The molecule has 1 N–H and O–H groups in total. The molecule has 0 radical (unpaired) electrons. The van der Waals surface area contributed by atoms with Gasteiger partial charge in [-0.05, 0) is 19.1 Å². The first-order valence-corrected chi connectivity index (χ1v) is 5.22. The van der Waals surface area contributed by atoms with Gasteiger partial charge < -0.3 is 5.11 Å². The third-order valence-electron chi connectivity index (χ3n) is 2.48. The van der Waals surface area contributed by atoms with E-state index in [9.17, 15) is 4.79 Å². The van der Waals surface area contributed by atoms with Crippen LogP contribution in [0.25, 0.3) is 10.9 Å². The number of carbonyl (C=O) groups is 1. The van der Waals surface area contributed by atoms with Crippen molar-refractivity contribution in [1.82, 2.24) is 4.98 Å². The molecule has 0 amide bonds. The largest absolute Gasteiger partial charge is 0.386 e. The topological polar surface area (TPSA) is 50.2 Å². The van der Waals surface area contributed by atoms with Crippen molar-refractivity contribution < 1.29 is 9.90 Å². The summed E-state index contributed by atoms with van der Waals surface area (Å²) in [6.45, 7) is 1.48. The van der Waals surface area contributed by atoms with Gasteiger partial charge in [0.05, 0.1) is 11.9 Å². The third-order valence-corrected chi connectivity index (χ3v) is 2.48. The number of hydrogen-bond donors (Lipinski definition) is 1. The first-order valence-electron chi connectivity index (χ1n) is 5.22. The minimum absolute atomic E-state index is 0.183. The highest BCUT2D eigenvalue weighted by Gasteiger charge is 2.10. The average molecular weight is 215 g/mol. The number of carbonyl (C=O) groups excluding carboxylic acids is 1. The zero-order valence-electron chi connectivity index (χ0n) is 9.05. The Bertz CT molecular complexity index is 520. The molecule has 0 aliphatic heterocycles. The van der Waals surface area contributed by atoms with Gasteiger partial charge in [0, 0.05) is 11.1 Å². The Morgan fingerprint density at radius 3 is 2.81 bits per heavy atom. The van der Waals surface area contributed by atoms with Crippen LogP contribution in [-0.2, 0) is 11.2 Å². The van der Waals surface area contributed by atoms with Gasteiger partial charge in [0.1, 0.15) is 6.10 Å². The van der Waals surface area contributed by atoms with Crippen LogP contribution in [0.5, 0.6) is 0 Å². The zero-order chi connectivity index (χ0) is 11.5. The van der Waals surface area contributed by atoms with E-state index in [1.165, 1.54) is 6.92 Å². The van der Waals surface area contributed by atoms with E-state index in [0.29, 0.717) is 5.69 Å². The number of aliphatic hydroxyl groups excluding tert-OH is 1. The van der Waals surface area contributed by atoms with E-state index in [1.54, 1.807) is 0 Å². The van der Waals surface area contributed by atoms with Crippen molar-refractivity contribution in [2.45, 2.75) is 19.4 Å². The summed E-state index contributed by atoms with van der Waals surface area (Å²) in [5, 5.41) is 10.2. The summed E-state index contributed by atoms with van der Waals surface area (Å²) in [6.07, 6.45) is -0.740. The van der Waals surface area contributed by atoms with Crippen LogP contribution < -0.4 is 0 Å². The Balaban J connectivity index is 2.29. The summed E-state index contributed by atoms with van der Waals surface area (Å²) in [6, 6.07) is 11.5. The lowest BCUT2D eigenvalue weighted by atomic mass is 10.1. The maximum atomic E-state index is 11.4. The van der Waals surface area contributed by atoms with Crippen molar-refractivity contribution in [2.75, 3.05) is 0 Å². The molecule has 0 bridgehead atoms. The molecule has 0 aliphatic rings. The molecule has 16 heavy (non-hydrogen) atoms. The molecular weight excluding hydrogens is 202 g/mol. The fourth-order valence-electron chi connectivity index (χ4n) is 1.53. The Labute approximate surface area is 93.7 Å². The predicted octanol–water partition coefficient (Wildman–Crippen LogP) is 1.73. The highest BCUT2D eigenvalue weighted by molar-refractivity contribution is 5.85. The molecule has 2 rings (SSSR count). The minimum atomic E-state index is -0.923. The molecule has 2 aromatic rings. The molecule has 1 aromatic carbocycles. The van der Waals surface area contributed by atoms with Crippen molar-refractivity contribution in [2.24, 2.45) is 0 Å². The number of para-hydroxylation sites is 1. The molecule has 0 fully saturated rings.